The first-order valence-electron chi connectivity index (χ1n) is 7.71. The van der Waals surface area contributed by atoms with E-state index < -0.39 is 12.0 Å². The molecule has 1 fully saturated rings. The molecular weight excluding hydrogens is 282 g/mol. The molecule has 22 heavy (non-hydrogen) atoms. The molecule has 0 saturated carbocycles. The van der Waals surface area contributed by atoms with Crippen LogP contribution in [-0.2, 0) is 16.0 Å². The number of nitrogens with zero attached hydrogens (tertiary/aromatic N) is 1. The van der Waals surface area contributed by atoms with Gasteiger partial charge in [0, 0.05) is 6.54 Å². The predicted molar refractivity (Wildman–Crippen MR) is 82.8 cm³/mol. The van der Waals surface area contributed by atoms with E-state index in [4.69, 9.17) is 9.84 Å². The van der Waals surface area contributed by atoms with Gasteiger partial charge in [0.25, 0.3) is 0 Å². The third-order valence-electron chi connectivity index (χ3n) is 3.72. The molecule has 120 valence electrons. The normalized spacial score (nSPS) is 17.8. The Morgan fingerprint density at radius 3 is 2.59 bits per heavy atom. The summed E-state index contributed by atoms with van der Waals surface area (Å²) >= 11 is 0. The third kappa shape index (κ3) is 4.23. The molecule has 1 N–H and O–H groups in total. The topological polar surface area (TPSA) is 66.8 Å². The molecule has 1 aromatic carbocycles. The minimum absolute atomic E-state index is 0.124. The number of carbonyl (C=O) groups is 2. The Hall–Kier alpha value is -2.04. The van der Waals surface area contributed by atoms with E-state index in [2.05, 4.69) is 13.8 Å². The minimum Gasteiger partial charge on any atom is -0.493 e. The Morgan fingerprint density at radius 2 is 2.00 bits per heavy atom. The molecule has 0 unspecified atom stereocenters. The van der Waals surface area contributed by atoms with Crippen LogP contribution in [0.4, 0.5) is 0 Å². The number of carbonyl (C=O) groups excluding carboxylic acids is 1. The summed E-state index contributed by atoms with van der Waals surface area (Å²) in [6, 6.07) is 6.76. The van der Waals surface area contributed by atoms with Crippen LogP contribution in [0.5, 0.6) is 5.75 Å². The molecule has 1 heterocycles. The van der Waals surface area contributed by atoms with Crippen molar-refractivity contribution in [2.24, 2.45) is 5.92 Å². The highest BCUT2D eigenvalue weighted by molar-refractivity contribution is 5.85. The van der Waals surface area contributed by atoms with Crippen molar-refractivity contribution in [2.75, 3.05) is 13.2 Å². The van der Waals surface area contributed by atoms with E-state index >= 15 is 0 Å². The van der Waals surface area contributed by atoms with Gasteiger partial charge in [-0.1, -0.05) is 26.0 Å². The van der Waals surface area contributed by atoms with E-state index in [-0.39, 0.29) is 12.3 Å². The summed E-state index contributed by atoms with van der Waals surface area (Å²) in [5.41, 5.74) is 0.873. The molecule has 0 bridgehead atoms. The molecule has 5 nitrogen and oxygen atoms in total. The van der Waals surface area contributed by atoms with Crippen LogP contribution in [0.3, 0.4) is 0 Å². The van der Waals surface area contributed by atoms with Gasteiger partial charge in [0.1, 0.15) is 11.8 Å². The SMILES string of the molecule is CC(C)COc1ccc(CC(=O)N2CCC[C@H]2C(=O)O)cc1. The van der Waals surface area contributed by atoms with Crippen molar-refractivity contribution < 1.29 is 19.4 Å². The number of rotatable bonds is 6. The molecule has 0 radical (unpaired) electrons. The number of likely N-dealkylation sites (tertiary alicyclic amines) is 1. The van der Waals surface area contributed by atoms with Crippen molar-refractivity contribution >= 4 is 11.9 Å². The van der Waals surface area contributed by atoms with Gasteiger partial charge in [-0.3, -0.25) is 4.79 Å². The number of hydrogen-bond acceptors (Lipinski definition) is 3. The molecule has 1 aliphatic rings. The number of amides is 1. The van der Waals surface area contributed by atoms with Gasteiger partial charge in [0.05, 0.1) is 13.0 Å². The Labute approximate surface area is 130 Å². The van der Waals surface area contributed by atoms with Gasteiger partial charge in [-0.15, -0.1) is 0 Å². The first kappa shape index (κ1) is 16.3. The lowest BCUT2D eigenvalue weighted by atomic mass is 10.1. The van der Waals surface area contributed by atoms with Gasteiger partial charge in [0.2, 0.25) is 5.91 Å². The van der Waals surface area contributed by atoms with Crippen LogP contribution in [0, 0.1) is 5.92 Å². The van der Waals surface area contributed by atoms with Gasteiger partial charge in [-0.05, 0) is 36.5 Å². The smallest absolute Gasteiger partial charge is 0.326 e. The van der Waals surface area contributed by atoms with Crippen molar-refractivity contribution in [3.63, 3.8) is 0 Å². The van der Waals surface area contributed by atoms with E-state index in [0.29, 0.717) is 25.5 Å². The van der Waals surface area contributed by atoms with Crippen LogP contribution < -0.4 is 4.74 Å². The molecule has 0 spiro atoms. The van der Waals surface area contributed by atoms with Crippen LogP contribution in [0.1, 0.15) is 32.3 Å². The van der Waals surface area contributed by atoms with Crippen molar-refractivity contribution in [1.29, 1.82) is 0 Å². The highest BCUT2D eigenvalue weighted by atomic mass is 16.5. The Morgan fingerprint density at radius 1 is 1.32 bits per heavy atom. The number of carboxylic acids is 1. The van der Waals surface area contributed by atoms with Gasteiger partial charge < -0.3 is 14.7 Å². The highest BCUT2D eigenvalue weighted by Gasteiger charge is 2.33. The minimum atomic E-state index is -0.914. The Kier molecular flexibility index (Phi) is 5.41. The highest BCUT2D eigenvalue weighted by Crippen LogP contribution is 2.20. The lowest BCUT2D eigenvalue weighted by molar-refractivity contribution is -0.148. The molecule has 0 aliphatic carbocycles. The number of benzene rings is 1. The van der Waals surface area contributed by atoms with Crippen LogP contribution >= 0.6 is 0 Å². The monoisotopic (exact) mass is 305 g/mol. The molecule has 1 atom stereocenters. The van der Waals surface area contributed by atoms with Crippen LogP contribution in [0.25, 0.3) is 0 Å². The number of hydrogen-bond donors (Lipinski definition) is 1. The van der Waals surface area contributed by atoms with E-state index in [1.54, 1.807) is 0 Å². The van der Waals surface area contributed by atoms with Crippen molar-refractivity contribution in [2.45, 2.75) is 39.2 Å². The van der Waals surface area contributed by atoms with Crippen molar-refractivity contribution in [3.05, 3.63) is 29.8 Å². The number of carboxylic acid groups (broad SMARTS) is 1. The summed E-state index contributed by atoms with van der Waals surface area (Å²) in [6.45, 7) is 5.36. The zero-order chi connectivity index (χ0) is 16.1. The average Bonchev–Trinajstić information content (AvgIpc) is 2.96. The molecule has 1 aromatic rings. The average molecular weight is 305 g/mol. The van der Waals surface area contributed by atoms with E-state index in [1.165, 1.54) is 4.90 Å². The second kappa shape index (κ2) is 7.29. The maximum absolute atomic E-state index is 12.3. The van der Waals surface area contributed by atoms with E-state index in [0.717, 1.165) is 17.7 Å². The van der Waals surface area contributed by atoms with E-state index in [9.17, 15) is 9.59 Å². The second-order valence-electron chi connectivity index (χ2n) is 6.11. The molecular formula is C17H23NO4. The number of ether oxygens (including phenoxy) is 1. The lowest BCUT2D eigenvalue weighted by Gasteiger charge is -2.21. The first-order chi connectivity index (χ1) is 10.5. The summed E-state index contributed by atoms with van der Waals surface area (Å²) in [5.74, 6) is 0.211. The molecule has 0 aromatic heterocycles. The molecule has 1 saturated heterocycles. The molecule has 2 rings (SSSR count). The van der Waals surface area contributed by atoms with Crippen molar-refractivity contribution in [3.8, 4) is 5.75 Å². The third-order valence-corrected chi connectivity index (χ3v) is 3.72. The summed E-state index contributed by atoms with van der Waals surface area (Å²) in [5, 5.41) is 9.13. The van der Waals surface area contributed by atoms with E-state index in [1.807, 2.05) is 24.3 Å². The largest absolute Gasteiger partial charge is 0.493 e. The first-order valence-corrected chi connectivity index (χ1v) is 7.71. The predicted octanol–water partition coefficient (Wildman–Crippen LogP) is 2.34. The standard InChI is InChI=1S/C17H23NO4/c1-12(2)11-22-14-7-5-13(6-8-14)10-16(19)18-9-3-4-15(18)17(20)21/h5-8,12,15H,3-4,9-11H2,1-2H3,(H,20,21)/t15-/m0/s1. The summed E-state index contributed by atoms with van der Waals surface area (Å²) in [6.07, 6.45) is 1.53. The van der Waals surface area contributed by atoms with Crippen LogP contribution in [0.2, 0.25) is 0 Å². The molecule has 1 aliphatic heterocycles. The van der Waals surface area contributed by atoms with Crippen LogP contribution in [0.15, 0.2) is 24.3 Å². The van der Waals surface area contributed by atoms with Crippen molar-refractivity contribution in [1.82, 2.24) is 4.90 Å². The number of aliphatic carboxylic acids is 1. The zero-order valence-corrected chi connectivity index (χ0v) is 13.1. The fourth-order valence-electron chi connectivity index (χ4n) is 2.56. The summed E-state index contributed by atoms with van der Waals surface area (Å²) in [7, 11) is 0. The maximum Gasteiger partial charge on any atom is 0.326 e. The second-order valence-corrected chi connectivity index (χ2v) is 6.11. The fraction of sp³-hybridized carbons (Fsp3) is 0.529. The summed E-state index contributed by atoms with van der Waals surface area (Å²) in [4.78, 5) is 24.9. The van der Waals surface area contributed by atoms with Gasteiger partial charge in [-0.25, -0.2) is 4.79 Å². The van der Waals surface area contributed by atoms with Crippen LogP contribution in [-0.4, -0.2) is 41.1 Å². The Balaban J connectivity index is 1.93. The zero-order valence-electron chi connectivity index (χ0n) is 13.1. The fourth-order valence-corrected chi connectivity index (χ4v) is 2.56. The Bertz CT molecular complexity index is 524. The lowest BCUT2D eigenvalue weighted by Crippen LogP contribution is -2.41. The van der Waals surface area contributed by atoms with Gasteiger partial charge >= 0.3 is 5.97 Å². The molecule has 5 heteroatoms. The quantitative estimate of drug-likeness (QED) is 0.876. The molecule has 1 amide bonds. The van der Waals surface area contributed by atoms with Gasteiger partial charge in [0.15, 0.2) is 0 Å². The van der Waals surface area contributed by atoms with Gasteiger partial charge in [-0.2, -0.15) is 0 Å². The summed E-state index contributed by atoms with van der Waals surface area (Å²) < 4.78 is 5.60. The maximum atomic E-state index is 12.3.